The van der Waals surface area contributed by atoms with Gasteiger partial charge in [0, 0.05) is 13.1 Å². The lowest BCUT2D eigenvalue weighted by atomic mass is 9.82. The number of hydrogen-bond donors (Lipinski definition) is 0. The van der Waals surface area contributed by atoms with E-state index in [0.717, 1.165) is 37.9 Å². The van der Waals surface area contributed by atoms with Crippen molar-refractivity contribution in [2.24, 2.45) is 11.3 Å². The van der Waals surface area contributed by atoms with Gasteiger partial charge in [-0.3, -0.25) is 4.79 Å². The van der Waals surface area contributed by atoms with Gasteiger partial charge in [-0.1, -0.05) is 44.2 Å². The molecule has 0 aliphatic carbocycles. The van der Waals surface area contributed by atoms with Crippen LogP contribution in [0.3, 0.4) is 0 Å². The van der Waals surface area contributed by atoms with Crippen LogP contribution < -0.4 is 0 Å². The Morgan fingerprint density at radius 1 is 1.33 bits per heavy atom. The Hall–Kier alpha value is -1.82. The van der Waals surface area contributed by atoms with Crippen molar-refractivity contribution in [3.63, 3.8) is 0 Å². The molecule has 2 rings (SSSR count). The van der Waals surface area contributed by atoms with Crippen molar-refractivity contribution in [3.05, 3.63) is 35.9 Å². The summed E-state index contributed by atoms with van der Waals surface area (Å²) < 4.78 is 0. The van der Waals surface area contributed by atoms with Crippen LogP contribution in [0.4, 0.5) is 0 Å². The standard InChI is InChI=1S/C18H24N2O/c1-3-18(4-2)10-11-20(14-18)17(21)16(13-19)12-15-8-6-5-7-9-15/h5-9,16H,3-4,10-12,14H2,1-2H3. The molecule has 1 fully saturated rings. The van der Waals surface area contributed by atoms with Crippen molar-refractivity contribution >= 4 is 5.91 Å². The van der Waals surface area contributed by atoms with Crippen LogP contribution >= 0.6 is 0 Å². The molecule has 0 aromatic heterocycles. The van der Waals surface area contributed by atoms with Gasteiger partial charge in [0.05, 0.1) is 6.07 Å². The molecular weight excluding hydrogens is 260 g/mol. The quantitative estimate of drug-likeness (QED) is 0.831. The van der Waals surface area contributed by atoms with Gasteiger partial charge in [-0.2, -0.15) is 5.26 Å². The van der Waals surface area contributed by atoms with Crippen LogP contribution in [0.5, 0.6) is 0 Å². The molecule has 1 atom stereocenters. The highest BCUT2D eigenvalue weighted by Crippen LogP contribution is 2.37. The zero-order valence-corrected chi connectivity index (χ0v) is 13.0. The summed E-state index contributed by atoms with van der Waals surface area (Å²) in [6, 6.07) is 12.0. The Morgan fingerprint density at radius 3 is 2.52 bits per heavy atom. The van der Waals surface area contributed by atoms with E-state index in [4.69, 9.17) is 0 Å². The SMILES string of the molecule is CCC1(CC)CCN(C(=O)C(C#N)Cc2ccccc2)C1. The van der Waals surface area contributed by atoms with Crippen LogP contribution in [-0.4, -0.2) is 23.9 Å². The van der Waals surface area contributed by atoms with Crippen LogP contribution in [0.25, 0.3) is 0 Å². The van der Waals surface area contributed by atoms with Gasteiger partial charge in [0.25, 0.3) is 0 Å². The number of rotatable bonds is 5. The molecule has 112 valence electrons. The van der Waals surface area contributed by atoms with Gasteiger partial charge in [-0.15, -0.1) is 0 Å². The lowest BCUT2D eigenvalue weighted by Crippen LogP contribution is -2.36. The number of amides is 1. The molecule has 0 N–H and O–H groups in total. The summed E-state index contributed by atoms with van der Waals surface area (Å²) in [6.07, 6.45) is 3.78. The minimum Gasteiger partial charge on any atom is -0.341 e. The van der Waals surface area contributed by atoms with Crippen LogP contribution in [-0.2, 0) is 11.2 Å². The van der Waals surface area contributed by atoms with E-state index in [1.165, 1.54) is 0 Å². The summed E-state index contributed by atoms with van der Waals surface area (Å²) in [6.45, 7) is 6.01. The normalized spacial score (nSPS) is 18.2. The predicted octanol–water partition coefficient (Wildman–Crippen LogP) is 3.41. The lowest BCUT2D eigenvalue weighted by molar-refractivity contribution is -0.133. The van der Waals surface area contributed by atoms with Gasteiger partial charge in [-0.25, -0.2) is 0 Å². The van der Waals surface area contributed by atoms with Gasteiger partial charge in [0.15, 0.2) is 0 Å². The van der Waals surface area contributed by atoms with E-state index in [2.05, 4.69) is 19.9 Å². The average molecular weight is 284 g/mol. The monoisotopic (exact) mass is 284 g/mol. The molecule has 0 bridgehead atoms. The number of nitriles is 1. The molecule has 1 aliphatic rings. The number of nitrogens with zero attached hydrogens (tertiary/aromatic N) is 2. The fourth-order valence-electron chi connectivity index (χ4n) is 3.21. The van der Waals surface area contributed by atoms with E-state index in [-0.39, 0.29) is 11.3 Å². The first-order chi connectivity index (χ1) is 10.1. The third kappa shape index (κ3) is 3.44. The summed E-state index contributed by atoms with van der Waals surface area (Å²) >= 11 is 0. The first-order valence-electron chi connectivity index (χ1n) is 7.86. The summed E-state index contributed by atoms with van der Waals surface area (Å²) in [5.41, 5.74) is 1.32. The van der Waals surface area contributed by atoms with Gasteiger partial charge >= 0.3 is 0 Å². The second-order valence-corrected chi connectivity index (χ2v) is 6.09. The van der Waals surface area contributed by atoms with E-state index in [1.807, 2.05) is 35.2 Å². The molecular formula is C18H24N2O. The fraction of sp³-hybridized carbons (Fsp3) is 0.556. The van der Waals surface area contributed by atoms with E-state index >= 15 is 0 Å². The minimum absolute atomic E-state index is 0.00475. The molecule has 0 radical (unpaired) electrons. The van der Waals surface area contributed by atoms with Crippen LogP contribution in [0.1, 0.15) is 38.7 Å². The highest BCUT2D eigenvalue weighted by atomic mass is 16.2. The van der Waals surface area contributed by atoms with E-state index in [1.54, 1.807) is 0 Å². The molecule has 0 saturated carbocycles. The van der Waals surface area contributed by atoms with Crippen LogP contribution in [0.2, 0.25) is 0 Å². The van der Waals surface area contributed by atoms with E-state index in [9.17, 15) is 10.1 Å². The van der Waals surface area contributed by atoms with Crippen LogP contribution in [0.15, 0.2) is 30.3 Å². The first-order valence-corrected chi connectivity index (χ1v) is 7.86. The minimum atomic E-state index is -0.558. The Bertz CT molecular complexity index is 514. The number of carbonyl (C=O) groups excluding carboxylic acids is 1. The fourth-order valence-corrected chi connectivity index (χ4v) is 3.21. The van der Waals surface area contributed by atoms with Gasteiger partial charge in [0.1, 0.15) is 5.92 Å². The number of benzene rings is 1. The summed E-state index contributed by atoms with van der Waals surface area (Å²) in [4.78, 5) is 14.5. The molecule has 1 heterocycles. The summed E-state index contributed by atoms with van der Waals surface area (Å²) in [5.74, 6) is -0.554. The lowest BCUT2D eigenvalue weighted by Gasteiger charge is -2.27. The Labute approximate surface area is 127 Å². The number of likely N-dealkylation sites (tertiary alicyclic amines) is 1. The van der Waals surface area contributed by atoms with E-state index < -0.39 is 5.92 Å². The van der Waals surface area contributed by atoms with Crippen molar-refractivity contribution in [2.45, 2.75) is 39.5 Å². The Kier molecular flexibility index (Phi) is 5.01. The predicted molar refractivity (Wildman–Crippen MR) is 83.5 cm³/mol. The van der Waals surface area contributed by atoms with Crippen molar-refractivity contribution < 1.29 is 4.79 Å². The maximum Gasteiger partial charge on any atom is 0.240 e. The molecule has 1 aromatic carbocycles. The zero-order chi connectivity index (χ0) is 15.3. The van der Waals surface area contributed by atoms with Crippen molar-refractivity contribution in [1.29, 1.82) is 5.26 Å². The Balaban J connectivity index is 2.03. The van der Waals surface area contributed by atoms with E-state index in [0.29, 0.717) is 6.42 Å². The maximum absolute atomic E-state index is 12.6. The first kappa shape index (κ1) is 15.6. The molecule has 1 saturated heterocycles. The molecule has 1 aromatic rings. The smallest absolute Gasteiger partial charge is 0.240 e. The second-order valence-electron chi connectivity index (χ2n) is 6.09. The average Bonchev–Trinajstić information content (AvgIpc) is 2.98. The largest absolute Gasteiger partial charge is 0.341 e. The summed E-state index contributed by atoms with van der Waals surface area (Å²) in [7, 11) is 0. The topological polar surface area (TPSA) is 44.1 Å². The second kappa shape index (κ2) is 6.76. The third-order valence-electron chi connectivity index (χ3n) is 4.99. The van der Waals surface area contributed by atoms with Gasteiger partial charge < -0.3 is 4.90 Å². The number of hydrogen-bond acceptors (Lipinski definition) is 2. The molecule has 3 nitrogen and oxygen atoms in total. The number of carbonyl (C=O) groups is 1. The highest BCUT2D eigenvalue weighted by Gasteiger charge is 2.38. The molecule has 21 heavy (non-hydrogen) atoms. The molecule has 1 aliphatic heterocycles. The highest BCUT2D eigenvalue weighted by molar-refractivity contribution is 5.81. The molecule has 3 heteroatoms. The molecule has 1 amide bonds. The van der Waals surface area contributed by atoms with Crippen molar-refractivity contribution in [1.82, 2.24) is 4.90 Å². The molecule has 1 unspecified atom stereocenters. The van der Waals surface area contributed by atoms with Crippen LogP contribution in [0, 0.1) is 22.7 Å². The zero-order valence-electron chi connectivity index (χ0n) is 13.0. The summed E-state index contributed by atoms with van der Waals surface area (Å²) in [5, 5.41) is 9.37. The van der Waals surface area contributed by atoms with Gasteiger partial charge in [-0.05, 0) is 36.7 Å². The van der Waals surface area contributed by atoms with Gasteiger partial charge in [0.2, 0.25) is 5.91 Å². The molecule has 0 spiro atoms. The maximum atomic E-state index is 12.6. The Morgan fingerprint density at radius 2 is 2.00 bits per heavy atom. The third-order valence-corrected chi connectivity index (χ3v) is 4.99. The van der Waals surface area contributed by atoms with Crippen molar-refractivity contribution in [2.75, 3.05) is 13.1 Å². The van der Waals surface area contributed by atoms with Crippen molar-refractivity contribution in [3.8, 4) is 6.07 Å².